The molecule has 0 aromatic heterocycles. The number of rotatable bonds is 4. The summed E-state index contributed by atoms with van der Waals surface area (Å²) in [7, 11) is 0. The summed E-state index contributed by atoms with van der Waals surface area (Å²) >= 11 is 1.93. The fraction of sp³-hybridized carbons (Fsp3) is 0.917. The Morgan fingerprint density at radius 3 is 1.79 bits per heavy atom. The summed E-state index contributed by atoms with van der Waals surface area (Å²) in [5.74, 6) is 0.947. The number of hydrogen-bond acceptors (Lipinski definition) is 2. The largest absolute Gasteiger partial charge is 0.303 e. The Balaban J connectivity index is 4.35. The quantitative estimate of drug-likeness (QED) is 0.525. The molecule has 14 heavy (non-hydrogen) atoms. The molecular formula is C12H24OS. The van der Waals surface area contributed by atoms with E-state index >= 15 is 0 Å². The first-order chi connectivity index (χ1) is 6.19. The van der Waals surface area contributed by atoms with Gasteiger partial charge in [-0.05, 0) is 10.8 Å². The number of carbonyl (C=O) groups is 1. The van der Waals surface area contributed by atoms with Gasteiger partial charge in [0, 0.05) is 17.4 Å². The molecule has 0 spiro atoms. The van der Waals surface area contributed by atoms with Crippen LogP contribution in [0, 0.1) is 10.8 Å². The van der Waals surface area contributed by atoms with E-state index in [2.05, 4.69) is 41.5 Å². The Hall–Kier alpha value is 0.0200. The highest BCUT2D eigenvalue weighted by atomic mass is 32.2. The van der Waals surface area contributed by atoms with Gasteiger partial charge >= 0.3 is 0 Å². The van der Waals surface area contributed by atoms with Crippen LogP contribution in [0.5, 0.6) is 0 Å². The summed E-state index contributed by atoms with van der Waals surface area (Å²) in [4.78, 5) is 10.3. The molecular weight excluding hydrogens is 192 g/mol. The van der Waals surface area contributed by atoms with E-state index in [0.29, 0.717) is 22.5 Å². The van der Waals surface area contributed by atoms with Crippen LogP contribution in [-0.2, 0) is 4.79 Å². The second kappa shape index (κ2) is 5.20. The first-order valence-electron chi connectivity index (χ1n) is 5.25. The van der Waals surface area contributed by atoms with Gasteiger partial charge in [-0.25, -0.2) is 0 Å². The average Bonchev–Trinajstić information content (AvgIpc) is 1.92. The molecule has 0 saturated carbocycles. The maximum Gasteiger partial charge on any atom is 0.120 e. The number of thioether (sulfide) groups is 1. The van der Waals surface area contributed by atoms with Crippen molar-refractivity contribution in [2.75, 3.05) is 5.75 Å². The topological polar surface area (TPSA) is 17.1 Å². The summed E-state index contributed by atoms with van der Waals surface area (Å²) in [6.45, 7) is 13.6. The second-order valence-corrected chi connectivity index (χ2v) is 7.15. The molecule has 0 amide bonds. The maximum absolute atomic E-state index is 10.3. The molecule has 0 atom stereocenters. The maximum atomic E-state index is 10.3. The van der Waals surface area contributed by atoms with Gasteiger partial charge in [-0.1, -0.05) is 41.5 Å². The molecule has 0 aromatic rings. The lowest BCUT2D eigenvalue weighted by atomic mass is 9.77. The van der Waals surface area contributed by atoms with Crippen molar-refractivity contribution in [3.8, 4) is 0 Å². The first-order valence-corrected chi connectivity index (χ1v) is 6.29. The lowest BCUT2D eigenvalue weighted by molar-refractivity contribution is -0.107. The van der Waals surface area contributed by atoms with Crippen molar-refractivity contribution in [1.29, 1.82) is 0 Å². The molecule has 1 nitrogen and oxygen atoms in total. The van der Waals surface area contributed by atoms with Crippen LogP contribution in [-0.4, -0.2) is 17.3 Å². The third-order valence-electron chi connectivity index (χ3n) is 2.09. The molecule has 0 aromatic carbocycles. The van der Waals surface area contributed by atoms with Crippen LogP contribution >= 0.6 is 11.8 Å². The smallest absolute Gasteiger partial charge is 0.120 e. The van der Waals surface area contributed by atoms with Gasteiger partial charge in [0.15, 0.2) is 0 Å². The Morgan fingerprint density at radius 2 is 1.50 bits per heavy atom. The number of aldehydes is 1. The zero-order chi connectivity index (χ0) is 11.4. The minimum Gasteiger partial charge on any atom is -0.303 e. The Morgan fingerprint density at radius 1 is 1.07 bits per heavy atom. The number of carbonyl (C=O) groups excluding carboxylic acids is 1. The van der Waals surface area contributed by atoms with Crippen molar-refractivity contribution in [1.82, 2.24) is 0 Å². The summed E-state index contributed by atoms with van der Waals surface area (Å²) in [6.07, 6.45) is 1.68. The van der Waals surface area contributed by atoms with Crippen LogP contribution in [0.3, 0.4) is 0 Å². The monoisotopic (exact) mass is 216 g/mol. The van der Waals surface area contributed by atoms with Gasteiger partial charge in [-0.2, -0.15) is 11.8 Å². The molecule has 2 heteroatoms. The zero-order valence-electron chi connectivity index (χ0n) is 10.4. The van der Waals surface area contributed by atoms with Crippen molar-refractivity contribution in [2.45, 2.75) is 53.2 Å². The van der Waals surface area contributed by atoms with Crippen LogP contribution < -0.4 is 0 Å². The van der Waals surface area contributed by atoms with Crippen molar-refractivity contribution in [3.05, 3.63) is 0 Å². The van der Waals surface area contributed by atoms with E-state index in [1.54, 1.807) is 0 Å². The molecule has 0 heterocycles. The molecule has 0 unspecified atom stereocenters. The van der Waals surface area contributed by atoms with Crippen molar-refractivity contribution < 1.29 is 4.79 Å². The highest BCUT2D eigenvalue weighted by Crippen LogP contribution is 2.42. The van der Waals surface area contributed by atoms with Gasteiger partial charge in [0.2, 0.25) is 0 Å². The highest BCUT2D eigenvalue weighted by molar-refractivity contribution is 8.00. The Kier molecular flexibility index (Phi) is 5.21. The number of hydrogen-bond donors (Lipinski definition) is 0. The van der Waals surface area contributed by atoms with Gasteiger partial charge < -0.3 is 4.79 Å². The minimum absolute atomic E-state index is 0.297. The molecule has 0 bridgehead atoms. The normalized spacial score (nSPS) is 13.4. The third-order valence-corrected chi connectivity index (χ3v) is 4.31. The van der Waals surface area contributed by atoms with E-state index in [0.717, 1.165) is 12.0 Å². The standard InChI is InChI=1S/C12H24OS/c1-11(2,3)10(12(4,5)6)14-9-7-8-13/h8,10H,7,9H2,1-6H3. The van der Waals surface area contributed by atoms with E-state index < -0.39 is 0 Å². The average molecular weight is 216 g/mol. The van der Waals surface area contributed by atoms with Gasteiger partial charge in [-0.15, -0.1) is 0 Å². The molecule has 0 aliphatic rings. The van der Waals surface area contributed by atoms with Gasteiger partial charge in [0.1, 0.15) is 6.29 Å². The van der Waals surface area contributed by atoms with Gasteiger partial charge in [0.25, 0.3) is 0 Å². The van der Waals surface area contributed by atoms with E-state index in [9.17, 15) is 4.79 Å². The summed E-state index contributed by atoms with van der Waals surface area (Å²) < 4.78 is 0. The molecule has 0 N–H and O–H groups in total. The SMILES string of the molecule is CC(C)(C)C(SCCC=O)C(C)(C)C. The third kappa shape index (κ3) is 5.04. The molecule has 84 valence electrons. The van der Waals surface area contributed by atoms with Crippen LogP contribution in [0.15, 0.2) is 0 Å². The van der Waals surface area contributed by atoms with Crippen molar-refractivity contribution >= 4 is 18.0 Å². The van der Waals surface area contributed by atoms with Gasteiger partial charge in [-0.3, -0.25) is 0 Å². The molecule has 0 aliphatic heterocycles. The lowest BCUT2D eigenvalue weighted by Crippen LogP contribution is -2.35. The highest BCUT2D eigenvalue weighted by Gasteiger charge is 2.34. The van der Waals surface area contributed by atoms with Crippen LogP contribution in [0.4, 0.5) is 0 Å². The summed E-state index contributed by atoms with van der Waals surface area (Å²) in [5, 5.41) is 0.593. The predicted molar refractivity (Wildman–Crippen MR) is 65.8 cm³/mol. The molecule has 0 aliphatic carbocycles. The molecule has 0 radical (unpaired) electrons. The predicted octanol–water partition coefficient (Wildman–Crippen LogP) is 3.77. The zero-order valence-corrected chi connectivity index (χ0v) is 11.2. The molecule has 0 saturated heterocycles. The van der Waals surface area contributed by atoms with E-state index in [1.165, 1.54) is 0 Å². The van der Waals surface area contributed by atoms with Gasteiger partial charge in [0.05, 0.1) is 0 Å². The Labute approximate surface area is 93.0 Å². The van der Waals surface area contributed by atoms with Crippen molar-refractivity contribution in [2.24, 2.45) is 10.8 Å². The van der Waals surface area contributed by atoms with Crippen LogP contribution in [0.25, 0.3) is 0 Å². The molecule has 0 rings (SSSR count). The van der Waals surface area contributed by atoms with Crippen LogP contribution in [0.2, 0.25) is 0 Å². The lowest BCUT2D eigenvalue weighted by Gasteiger charge is -2.40. The minimum atomic E-state index is 0.297. The van der Waals surface area contributed by atoms with Crippen LogP contribution in [0.1, 0.15) is 48.0 Å². The van der Waals surface area contributed by atoms with E-state index in [-0.39, 0.29) is 0 Å². The fourth-order valence-corrected chi connectivity index (χ4v) is 3.50. The van der Waals surface area contributed by atoms with E-state index in [1.807, 2.05) is 11.8 Å². The van der Waals surface area contributed by atoms with E-state index in [4.69, 9.17) is 0 Å². The summed E-state index contributed by atoms with van der Waals surface area (Å²) in [6, 6.07) is 0. The first kappa shape index (κ1) is 14.0. The fourth-order valence-electron chi connectivity index (χ4n) is 2.03. The Bertz CT molecular complexity index is 160. The summed E-state index contributed by atoms with van der Waals surface area (Å²) in [5.41, 5.74) is 0.595. The molecule has 0 fully saturated rings. The second-order valence-electron chi connectivity index (χ2n) is 5.94. The van der Waals surface area contributed by atoms with Crippen molar-refractivity contribution in [3.63, 3.8) is 0 Å².